The van der Waals surface area contributed by atoms with Crippen molar-refractivity contribution < 1.29 is 0 Å². The van der Waals surface area contributed by atoms with Crippen LogP contribution in [-0.2, 0) is 0 Å². The number of nitrogens with zero attached hydrogens (tertiary/aromatic N) is 1. The summed E-state index contributed by atoms with van der Waals surface area (Å²) in [6, 6.07) is 0.826. The fraction of sp³-hybridized carbons (Fsp3) is 1.00. The molecule has 0 bridgehead atoms. The molecule has 186 valence electrons. The van der Waals surface area contributed by atoms with E-state index in [1.165, 1.54) is 135 Å². The van der Waals surface area contributed by atoms with Crippen molar-refractivity contribution in [2.75, 3.05) is 14.1 Å². The van der Waals surface area contributed by atoms with E-state index in [4.69, 9.17) is 0 Å². The molecular weight excluding hydrogens is 374 g/mol. The van der Waals surface area contributed by atoms with Gasteiger partial charge in [-0.1, -0.05) is 142 Å². The molecule has 0 aromatic heterocycles. The van der Waals surface area contributed by atoms with Crippen LogP contribution in [0.2, 0.25) is 0 Å². The van der Waals surface area contributed by atoms with Crippen LogP contribution in [0.25, 0.3) is 0 Å². The lowest BCUT2D eigenvalue weighted by Gasteiger charge is -2.24. The predicted octanol–water partition coefficient (Wildman–Crippen LogP) is 10.2. The molecular formula is C30H61N. The third-order valence-corrected chi connectivity index (χ3v) is 7.98. The van der Waals surface area contributed by atoms with Crippen LogP contribution in [0, 0.1) is 11.8 Å². The van der Waals surface area contributed by atoms with Gasteiger partial charge < -0.3 is 4.90 Å². The number of rotatable bonds is 24. The van der Waals surface area contributed by atoms with Crippen LogP contribution in [0.1, 0.15) is 162 Å². The molecule has 3 atom stereocenters. The molecule has 0 radical (unpaired) electrons. The summed E-state index contributed by atoms with van der Waals surface area (Å²) in [6.07, 6.45) is 33.7. The van der Waals surface area contributed by atoms with Crippen LogP contribution in [0.5, 0.6) is 0 Å². The molecule has 0 aromatic carbocycles. The highest BCUT2D eigenvalue weighted by Crippen LogP contribution is 2.45. The van der Waals surface area contributed by atoms with Crippen LogP contribution in [-0.4, -0.2) is 25.0 Å². The number of unbranched alkanes of at least 4 members (excludes halogenated alkanes) is 15. The van der Waals surface area contributed by atoms with Gasteiger partial charge in [0.25, 0.3) is 0 Å². The molecule has 1 aliphatic rings. The highest BCUT2D eigenvalue weighted by molar-refractivity contribution is 4.85. The van der Waals surface area contributed by atoms with E-state index in [0.29, 0.717) is 0 Å². The molecule has 0 heterocycles. The van der Waals surface area contributed by atoms with Gasteiger partial charge in [0.2, 0.25) is 0 Å². The molecule has 1 heteroatoms. The van der Waals surface area contributed by atoms with Crippen LogP contribution < -0.4 is 0 Å². The van der Waals surface area contributed by atoms with Gasteiger partial charge in [0.1, 0.15) is 0 Å². The molecule has 0 N–H and O–H groups in total. The summed E-state index contributed by atoms with van der Waals surface area (Å²) in [7, 11) is 4.60. The maximum atomic E-state index is 2.50. The monoisotopic (exact) mass is 435 g/mol. The van der Waals surface area contributed by atoms with E-state index in [9.17, 15) is 0 Å². The standard InChI is InChI=1S/C30H61N/c1-5-7-9-11-13-14-16-17-19-23-28-27-29(28)24-21-22-26-30(31(3)4)25-20-18-15-12-10-8-6-2/h28-30H,5-27H2,1-4H3/t28-,29+,30?/m0/s1. The van der Waals surface area contributed by atoms with Gasteiger partial charge in [-0.05, 0) is 45.2 Å². The van der Waals surface area contributed by atoms with Crippen molar-refractivity contribution in [2.45, 2.75) is 168 Å². The third-order valence-electron chi connectivity index (χ3n) is 7.98. The van der Waals surface area contributed by atoms with Crippen molar-refractivity contribution in [3.63, 3.8) is 0 Å². The molecule has 1 fully saturated rings. The van der Waals surface area contributed by atoms with Crippen molar-refractivity contribution in [3.05, 3.63) is 0 Å². The second-order valence-electron chi connectivity index (χ2n) is 11.2. The first-order valence-electron chi connectivity index (χ1n) is 14.8. The SMILES string of the molecule is CCCCCCCCCCC[C@H]1C[C@H]1CCCCC(CCCCCCCCC)N(C)C. The van der Waals surface area contributed by atoms with Crippen molar-refractivity contribution in [3.8, 4) is 0 Å². The number of hydrogen-bond donors (Lipinski definition) is 0. The Bertz CT molecular complexity index is 363. The van der Waals surface area contributed by atoms with Crippen molar-refractivity contribution in [1.29, 1.82) is 0 Å². The van der Waals surface area contributed by atoms with Gasteiger partial charge in [0.15, 0.2) is 0 Å². The Morgan fingerprint density at radius 1 is 0.516 bits per heavy atom. The molecule has 31 heavy (non-hydrogen) atoms. The van der Waals surface area contributed by atoms with E-state index in [1.54, 1.807) is 12.8 Å². The molecule has 0 amide bonds. The zero-order valence-corrected chi connectivity index (χ0v) is 22.4. The van der Waals surface area contributed by atoms with E-state index in [1.807, 2.05) is 0 Å². The van der Waals surface area contributed by atoms with Gasteiger partial charge in [0.05, 0.1) is 0 Å². The summed E-state index contributed by atoms with van der Waals surface area (Å²) < 4.78 is 0. The van der Waals surface area contributed by atoms with E-state index in [-0.39, 0.29) is 0 Å². The Morgan fingerprint density at radius 2 is 0.871 bits per heavy atom. The largest absolute Gasteiger partial charge is 0.306 e. The third kappa shape index (κ3) is 17.1. The van der Waals surface area contributed by atoms with Crippen LogP contribution in [0.15, 0.2) is 0 Å². The summed E-state index contributed by atoms with van der Waals surface area (Å²) >= 11 is 0. The maximum absolute atomic E-state index is 2.50. The van der Waals surface area contributed by atoms with Crippen LogP contribution in [0.3, 0.4) is 0 Å². The smallest absolute Gasteiger partial charge is 0.00891 e. The lowest BCUT2D eigenvalue weighted by Crippen LogP contribution is -2.27. The first kappa shape index (κ1) is 29.0. The van der Waals surface area contributed by atoms with Crippen molar-refractivity contribution in [1.82, 2.24) is 4.90 Å². The second-order valence-corrected chi connectivity index (χ2v) is 11.2. The zero-order valence-electron chi connectivity index (χ0n) is 22.4. The fourth-order valence-electron chi connectivity index (χ4n) is 5.52. The molecule has 0 saturated heterocycles. The minimum absolute atomic E-state index is 0.826. The highest BCUT2D eigenvalue weighted by Gasteiger charge is 2.35. The van der Waals surface area contributed by atoms with Gasteiger partial charge in [-0.15, -0.1) is 0 Å². The summed E-state index contributed by atoms with van der Waals surface area (Å²) in [5.41, 5.74) is 0. The first-order chi connectivity index (χ1) is 15.2. The van der Waals surface area contributed by atoms with Crippen molar-refractivity contribution in [2.24, 2.45) is 11.8 Å². The molecule has 0 spiro atoms. The normalized spacial score (nSPS) is 19.3. The van der Waals surface area contributed by atoms with Gasteiger partial charge in [0, 0.05) is 6.04 Å². The maximum Gasteiger partial charge on any atom is 0.00891 e. The number of hydrogen-bond acceptors (Lipinski definition) is 1. The minimum atomic E-state index is 0.826. The topological polar surface area (TPSA) is 3.24 Å². The second kappa shape index (κ2) is 20.6. The molecule has 0 aliphatic heterocycles. The Hall–Kier alpha value is -0.0400. The average molecular weight is 436 g/mol. The molecule has 1 rings (SSSR count). The average Bonchev–Trinajstić information content (AvgIpc) is 3.51. The Kier molecular flexibility index (Phi) is 19.2. The lowest BCUT2D eigenvalue weighted by atomic mass is 9.99. The minimum Gasteiger partial charge on any atom is -0.306 e. The summed E-state index contributed by atoms with van der Waals surface area (Å²) in [5.74, 6) is 2.22. The fourth-order valence-corrected chi connectivity index (χ4v) is 5.52. The Morgan fingerprint density at radius 3 is 1.32 bits per heavy atom. The van der Waals surface area contributed by atoms with E-state index < -0.39 is 0 Å². The quantitative estimate of drug-likeness (QED) is 0.136. The Labute approximate surface area is 198 Å². The molecule has 1 aliphatic carbocycles. The molecule has 1 unspecified atom stereocenters. The molecule has 1 saturated carbocycles. The summed E-state index contributed by atoms with van der Waals surface area (Å²) in [4.78, 5) is 2.50. The van der Waals surface area contributed by atoms with Gasteiger partial charge >= 0.3 is 0 Å². The van der Waals surface area contributed by atoms with E-state index >= 15 is 0 Å². The summed E-state index contributed by atoms with van der Waals surface area (Å²) in [5, 5.41) is 0. The van der Waals surface area contributed by atoms with Gasteiger partial charge in [-0.2, -0.15) is 0 Å². The lowest BCUT2D eigenvalue weighted by molar-refractivity contribution is 0.251. The summed E-state index contributed by atoms with van der Waals surface area (Å²) in [6.45, 7) is 4.62. The van der Waals surface area contributed by atoms with Crippen LogP contribution in [0.4, 0.5) is 0 Å². The first-order valence-corrected chi connectivity index (χ1v) is 14.8. The molecule has 0 aromatic rings. The zero-order chi connectivity index (χ0) is 22.6. The van der Waals surface area contributed by atoms with E-state index in [2.05, 4.69) is 32.8 Å². The Balaban J connectivity index is 1.90. The van der Waals surface area contributed by atoms with Gasteiger partial charge in [-0.25, -0.2) is 0 Å². The highest BCUT2D eigenvalue weighted by atomic mass is 15.1. The van der Waals surface area contributed by atoms with Crippen LogP contribution >= 0.6 is 0 Å². The van der Waals surface area contributed by atoms with Gasteiger partial charge in [-0.3, -0.25) is 0 Å². The van der Waals surface area contributed by atoms with Crippen molar-refractivity contribution >= 4 is 0 Å². The molecule has 1 nitrogen and oxygen atoms in total. The predicted molar refractivity (Wildman–Crippen MR) is 142 cm³/mol. The van der Waals surface area contributed by atoms with E-state index in [0.717, 1.165) is 17.9 Å².